The molecule has 1 saturated heterocycles. The monoisotopic (exact) mass is 613 g/mol. The predicted molar refractivity (Wildman–Crippen MR) is 126 cm³/mol. The average molecular weight is 613 g/mol. The van der Waals surface area contributed by atoms with Gasteiger partial charge in [0, 0.05) is 6.42 Å². The molecular weight excluding hydrogens is 591 g/mol. The van der Waals surface area contributed by atoms with Gasteiger partial charge in [-0.15, -0.1) is 0 Å². The van der Waals surface area contributed by atoms with Crippen LogP contribution in [0.1, 0.15) is 19.6 Å². The largest absolute Gasteiger partial charge is 0.490 e. The van der Waals surface area contributed by atoms with Gasteiger partial charge in [-0.2, -0.15) is 13.6 Å². The molecule has 0 bridgehead atoms. The van der Waals surface area contributed by atoms with Gasteiger partial charge in [0.1, 0.15) is 17.8 Å². The Hall–Kier alpha value is -0.820. The number of aromatic amines is 1. The molecule has 2 aromatic rings. The molecule has 2 aromatic heterocycles. The second-order valence-corrected chi connectivity index (χ2v) is 14.2. The third kappa shape index (κ3) is 8.09. The van der Waals surface area contributed by atoms with E-state index in [4.69, 9.17) is 29.5 Å². The number of H-pyrrole nitrogens is 1. The summed E-state index contributed by atoms with van der Waals surface area (Å²) in [6.07, 6.45) is 0.615. The van der Waals surface area contributed by atoms with E-state index in [0.29, 0.717) is 0 Å². The molecule has 23 heteroatoms. The van der Waals surface area contributed by atoms with Gasteiger partial charge in [0.15, 0.2) is 11.2 Å². The van der Waals surface area contributed by atoms with Gasteiger partial charge in [-0.25, -0.2) is 18.7 Å². The van der Waals surface area contributed by atoms with Crippen LogP contribution in [0.15, 0.2) is 11.1 Å². The van der Waals surface area contributed by atoms with Crippen LogP contribution in [0.25, 0.3) is 11.2 Å². The summed E-state index contributed by atoms with van der Waals surface area (Å²) in [7, 11) is -13.8. The lowest BCUT2D eigenvalue weighted by molar-refractivity contribution is -0.0617. The Morgan fingerprint density at radius 2 is 1.97 bits per heavy atom. The van der Waals surface area contributed by atoms with E-state index in [1.54, 1.807) is 6.92 Å². The lowest BCUT2D eigenvalue weighted by Crippen LogP contribution is -2.30. The number of nitrogens with zero attached hydrogens (tertiary/aromatic N) is 3. The zero-order chi connectivity index (χ0) is 26.9. The predicted octanol–water partition coefficient (Wildman–Crippen LogP) is 1.07. The van der Waals surface area contributed by atoms with E-state index in [9.17, 15) is 28.3 Å². The zero-order valence-corrected chi connectivity index (χ0v) is 22.7. The Balaban J connectivity index is 1.78. The molecule has 18 nitrogen and oxygen atoms in total. The van der Waals surface area contributed by atoms with Crippen molar-refractivity contribution in [2.75, 3.05) is 18.6 Å². The molecule has 0 spiro atoms. The molecule has 0 saturated carbocycles. The van der Waals surface area contributed by atoms with Crippen molar-refractivity contribution in [1.29, 1.82) is 0 Å². The summed E-state index contributed by atoms with van der Waals surface area (Å²) in [5.74, 6) is -0.158. The van der Waals surface area contributed by atoms with E-state index in [0.717, 1.165) is 0 Å². The van der Waals surface area contributed by atoms with Gasteiger partial charge in [0.2, 0.25) is 5.95 Å². The van der Waals surface area contributed by atoms with E-state index in [1.165, 1.54) is 32.5 Å². The van der Waals surface area contributed by atoms with Crippen molar-refractivity contribution >= 4 is 62.2 Å². The molecule has 1 aliphatic rings. The van der Waals surface area contributed by atoms with Crippen LogP contribution in [0.5, 0.6) is 0 Å². The average Bonchev–Trinajstić information content (AvgIpc) is 3.27. The highest BCUT2D eigenvalue weighted by molar-refractivity contribution is 8.76. The summed E-state index contributed by atoms with van der Waals surface area (Å²) in [5.41, 5.74) is 4.78. The highest BCUT2D eigenvalue weighted by atomic mass is 33.1. The van der Waals surface area contributed by atoms with Crippen molar-refractivity contribution in [3.63, 3.8) is 0 Å². The van der Waals surface area contributed by atoms with Gasteiger partial charge < -0.3 is 34.8 Å². The topological polar surface area (TPSA) is 268 Å². The number of nitrogens with two attached hydrogens (primary N) is 1. The summed E-state index contributed by atoms with van der Waals surface area (Å²) in [6.45, 7) is 1.03. The summed E-state index contributed by atoms with van der Waals surface area (Å²) in [4.78, 5) is 58.8. The molecular formula is C13H22N5O13P3S2. The Kier molecular flexibility index (Phi) is 9.51. The second-order valence-electron chi connectivity index (χ2n) is 7.03. The minimum Gasteiger partial charge on any atom is -0.369 e. The molecule has 36 heavy (non-hydrogen) atoms. The van der Waals surface area contributed by atoms with Crippen LogP contribution >= 0.6 is 45.1 Å². The molecule has 3 unspecified atom stereocenters. The van der Waals surface area contributed by atoms with Crippen LogP contribution in [0.4, 0.5) is 5.95 Å². The molecule has 0 amide bonds. The van der Waals surface area contributed by atoms with Gasteiger partial charge in [-0.1, -0.05) is 21.6 Å². The van der Waals surface area contributed by atoms with E-state index in [2.05, 4.69) is 23.6 Å². The van der Waals surface area contributed by atoms with Crippen LogP contribution in [0.2, 0.25) is 0 Å². The summed E-state index contributed by atoms with van der Waals surface area (Å²) < 4.78 is 59.8. The third-order valence-corrected chi connectivity index (χ3v) is 10.1. The second kappa shape index (κ2) is 11.5. The number of nitrogens with one attached hydrogen (secondary N) is 1. The number of phosphoric ester groups is 1. The number of hydrogen-bond donors (Lipinski definition) is 6. The maximum atomic E-state index is 12.1. The third-order valence-electron chi connectivity index (χ3n) is 4.36. The van der Waals surface area contributed by atoms with Gasteiger partial charge in [0.05, 0.1) is 19.0 Å². The molecule has 3 heterocycles. The van der Waals surface area contributed by atoms with Crippen molar-refractivity contribution in [3.05, 3.63) is 16.7 Å². The molecule has 204 valence electrons. The first-order valence-electron chi connectivity index (χ1n) is 9.60. The van der Waals surface area contributed by atoms with Gasteiger partial charge in [-0.3, -0.25) is 18.9 Å². The molecule has 6 atom stereocenters. The number of aromatic nitrogens is 4. The Labute approximate surface area is 210 Å². The maximum absolute atomic E-state index is 12.1. The highest BCUT2D eigenvalue weighted by Crippen LogP contribution is 2.66. The quantitative estimate of drug-likeness (QED) is 0.111. The number of hydrogen-bond acceptors (Lipinski definition) is 14. The van der Waals surface area contributed by atoms with Gasteiger partial charge in [-0.05, 0) is 13.2 Å². The summed E-state index contributed by atoms with van der Waals surface area (Å²) >= 11 is 0. The molecule has 1 fully saturated rings. The van der Waals surface area contributed by atoms with E-state index in [-0.39, 0.29) is 29.0 Å². The number of phosphoric acid groups is 3. The number of imidazole rings is 1. The first-order chi connectivity index (χ1) is 16.6. The van der Waals surface area contributed by atoms with Gasteiger partial charge in [0.25, 0.3) is 5.56 Å². The number of anilines is 1. The van der Waals surface area contributed by atoms with Gasteiger partial charge >= 0.3 is 23.5 Å². The van der Waals surface area contributed by atoms with Crippen LogP contribution in [0, 0.1) is 0 Å². The van der Waals surface area contributed by atoms with Crippen LogP contribution in [-0.4, -0.2) is 69.6 Å². The Bertz CT molecular complexity index is 1290. The lowest BCUT2D eigenvalue weighted by atomic mass is 10.2. The summed E-state index contributed by atoms with van der Waals surface area (Å²) in [5, 5.41) is 0. The van der Waals surface area contributed by atoms with E-state index in [1.807, 2.05) is 6.26 Å². The van der Waals surface area contributed by atoms with E-state index < -0.39 is 54.1 Å². The molecule has 3 rings (SSSR count). The van der Waals surface area contributed by atoms with Crippen LogP contribution in [-0.2, 0) is 36.3 Å². The van der Waals surface area contributed by atoms with Crippen molar-refractivity contribution in [2.45, 2.75) is 37.2 Å². The Morgan fingerprint density at radius 3 is 2.61 bits per heavy atom. The van der Waals surface area contributed by atoms with Crippen LogP contribution < -0.4 is 11.3 Å². The molecule has 1 aliphatic heterocycles. The summed E-state index contributed by atoms with van der Waals surface area (Å²) in [6, 6.07) is 0. The number of nitrogen functional groups attached to an aromatic ring is 1. The lowest BCUT2D eigenvalue weighted by Gasteiger charge is -2.23. The number of fused-ring (bicyclic) bond motifs is 1. The first-order valence-corrected chi connectivity index (χ1v) is 16.7. The van der Waals surface area contributed by atoms with Crippen molar-refractivity contribution in [3.8, 4) is 0 Å². The standard InChI is InChI=1S/C13H22N5O13P3S2/c1-6(36-35-2)28-7-3-9(18-5-15-10-11(18)16-13(14)17-12(10)19)29-8(7)4-27-33(23,24)31-34(25,26)30-32(20,21)22/h5-9H,3-4H2,1-2H3,(H,23,24)(H,25,26)(H2,20,21,22)(H3,14,16,17,19)/t6-,7?,8+,9+/m0/s1. The SMILES string of the molecule is CSS[C@@H](C)OC1C[C@H](n2cnc3c(=O)[nH]c(N)nc32)O[C@@H]1COP(=O)(O)OP(=O)(O)OP(=O)(O)O. The smallest absolute Gasteiger partial charge is 0.369 e. The van der Waals surface area contributed by atoms with Crippen molar-refractivity contribution < 1.29 is 55.9 Å². The molecule has 0 aromatic carbocycles. The minimum atomic E-state index is -5.68. The Morgan fingerprint density at radius 1 is 1.28 bits per heavy atom. The molecule has 7 N–H and O–H groups in total. The van der Waals surface area contributed by atoms with Crippen LogP contribution in [0.3, 0.4) is 0 Å². The highest BCUT2D eigenvalue weighted by Gasteiger charge is 2.44. The molecule has 0 aliphatic carbocycles. The minimum absolute atomic E-state index is 0.00621. The van der Waals surface area contributed by atoms with Crippen molar-refractivity contribution in [2.24, 2.45) is 0 Å². The zero-order valence-electron chi connectivity index (χ0n) is 18.3. The number of rotatable bonds is 12. The fraction of sp³-hybridized carbons (Fsp3) is 0.615. The van der Waals surface area contributed by atoms with Crippen molar-refractivity contribution in [1.82, 2.24) is 19.5 Å². The fourth-order valence-electron chi connectivity index (χ4n) is 3.19. The fourth-order valence-corrected chi connectivity index (χ4v) is 7.63. The normalized spacial score (nSPS) is 25.0. The maximum Gasteiger partial charge on any atom is 0.490 e. The number of ether oxygens (including phenoxy) is 2. The first kappa shape index (κ1) is 29.7. The van der Waals surface area contributed by atoms with E-state index >= 15 is 0 Å². The molecule has 0 radical (unpaired) electrons.